The molecule has 11 heavy (non-hydrogen) atoms. The monoisotopic (exact) mass is 153 g/mol. The van der Waals surface area contributed by atoms with E-state index in [2.05, 4.69) is 24.9 Å². The van der Waals surface area contributed by atoms with Gasteiger partial charge in [0.25, 0.3) is 0 Å². The first-order valence-electron chi connectivity index (χ1n) is 3.98. The third-order valence-electron chi connectivity index (χ3n) is 2.55. The third kappa shape index (κ3) is 1.70. The van der Waals surface area contributed by atoms with Gasteiger partial charge in [-0.2, -0.15) is 5.26 Å². The normalized spacial score (nSPS) is 40.0. The van der Waals surface area contributed by atoms with Crippen molar-refractivity contribution in [3.05, 3.63) is 0 Å². The van der Waals surface area contributed by atoms with Crippen LogP contribution in [-0.2, 0) is 0 Å². The zero-order chi connectivity index (χ0) is 8.48. The second kappa shape index (κ2) is 2.80. The van der Waals surface area contributed by atoms with Crippen LogP contribution in [0.4, 0.5) is 0 Å². The van der Waals surface area contributed by atoms with Crippen molar-refractivity contribution in [2.24, 2.45) is 5.73 Å². The molecule has 2 atom stereocenters. The molecule has 3 nitrogen and oxygen atoms in total. The van der Waals surface area contributed by atoms with Gasteiger partial charge in [-0.15, -0.1) is 0 Å². The van der Waals surface area contributed by atoms with E-state index in [9.17, 15) is 0 Å². The Hall–Kier alpha value is -0.590. The average molecular weight is 153 g/mol. The molecule has 0 aromatic rings. The zero-order valence-corrected chi connectivity index (χ0v) is 7.17. The predicted octanol–water partition coefficient (Wildman–Crippen LogP) is 0.322. The molecule has 0 spiro atoms. The van der Waals surface area contributed by atoms with E-state index in [0.29, 0.717) is 6.04 Å². The van der Waals surface area contributed by atoms with Gasteiger partial charge in [-0.05, 0) is 26.8 Å². The van der Waals surface area contributed by atoms with Gasteiger partial charge in [-0.3, -0.25) is 0 Å². The van der Waals surface area contributed by atoms with Gasteiger partial charge in [0, 0.05) is 12.6 Å². The summed E-state index contributed by atoms with van der Waals surface area (Å²) in [7, 11) is 2.07. The summed E-state index contributed by atoms with van der Waals surface area (Å²) in [5.41, 5.74) is 5.26. The van der Waals surface area contributed by atoms with Gasteiger partial charge in [-0.25, -0.2) is 0 Å². The van der Waals surface area contributed by atoms with Crippen molar-refractivity contribution in [3.63, 3.8) is 0 Å². The lowest BCUT2D eigenvalue weighted by Crippen LogP contribution is -2.52. The third-order valence-corrected chi connectivity index (χ3v) is 2.55. The van der Waals surface area contributed by atoms with Crippen LogP contribution in [0.25, 0.3) is 0 Å². The first-order chi connectivity index (χ1) is 5.07. The highest BCUT2D eigenvalue weighted by Crippen LogP contribution is 2.22. The fraction of sp³-hybridized carbons (Fsp3) is 0.875. The topological polar surface area (TPSA) is 53.1 Å². The molecule has 1 aliphatic rings. The molecular formula is C8H15N3. The van der Waals surface area contributed by atoms with Crippen LogP contribution in [0.15, 0.2) is 0 Å². The summed E-state index contributed by atoms with van der Waals surface area (Å²) >= 11 is 0. The number of likely N-dealkylation sites (tertiary alicyclic amines) is 1. The highest BCUT2D eigenvalue weighted by Gasteiger charge is 2.33. The zero-order valence-electron chi connectivity index (χ0n) is 7.17. The predicted molar refractivity (Wildman–Crippen MR) is 43.9 cm³/mol. The van der Waals surface area contributed by atoms with Gasteiger partial charge < -0.3 is 10.6 Å². The Balaban J connectivity index is 2.61. The highest BCUT2D eigenvalue weighted by molar-refractivity contribution is 5.08. The largest absolute Gasteiger partial charge is 0.313 e. The molecule has 0 aromatic carbocycles. The Morgan fingerprint density at radius 1 is 1.73 bits per heavy atom. The first kappa shape index (κ1) is 8.51. The minimum atomic E-state index is -0.564. The molecular weight excluding hydrogens is 138 g/mol. The molecule has 0 saturated carbocycles. The van der Waals surface area contributed by atoms with E-state index in [1.807, 2.05) is 0 Å². The molecule has 0 aromatic heterocycles. The van der Waals surface area contributed by atoms with Crippen LogP contribution in [0.3, 0.4) is 0 Å². The fourth-order valence-corrected chi connectivity index (χ4v) is 1.48. The molecule has 0 aliphatic carbocycles. The van der Waals surface area contributed by atoms with Crippen molar-refractivity contribution in [1.82, 2.24) is 4.90 Å². The Morgan fingerprint density at radius 2 is 2.36 bits per heavy atom. The van der Waals surface area contributed by atoms with E-state index in [4.69, 9.17) is 11.0 Å². The van der Waals surface area contributed by atoms with E-state index in [1.54, 1.807) is 0 Å². The molecule has 3 heteroatoms. The van der Waals surface area contributed by atoms with E-state index < -0.39 is 5.54 Å². The average Bonchev–Trinajstić information content (AvgIpc) is 1.98. The fourth-order valence-electron chi connectivity index (χ4n) is 1.48. The van der Waals surface area contributed by atoms with E-state index in [1.165, 1.54) is 0 Å². The smallest absolute Gasteiger partial charge is 0.106 e. The lowest BCUT2D eigenvalue weighted by Gasteiger charge is -2.37. The molecule has 1 heterocycles. The molecule has 1 aliphatic heterocycles. The molecule has 0 amide bonds. The lowest BCUT2D eigenvalue weighted by atomic mass is 9.86. The SMILES string of the molecule is CC1CC(N)(C#N)CCN1C. The summed E-state index contributed by atoms with van der Waals surface area (Å²) in [5, 5.41) is 8.76. The molecule has 1 fully saturated rings. The highest BCUT2D eigenvalue weighted by atomic mass is 15.1. The number of hydrogen-bond acceptors (Lipinski definition) is 3. The van der Waals surface area contributed by atoms with Gasteiger partial charge >= 0.3 is 0 Å². The van der Waals surface area contributed by atoms with E-state index in [0.717, 1.165) is 19.4 Å². The maximum atomic E-state index is 8.76. The Labute approximate surface area is 67.8 Å². The van der Waals surface area contributed by atoms with Gasteiger partial charge in [0.05, 0.1) is 6.07 Å². The maximum Gasteiger partial charge on any atom is 0.106 e. The van der Waals surface area contributed by atoms with Crippen LogP contribution >= 0.6 is 0 Å². The first-order valence-corrected chi connectivity index (χ1v) is 3.98. The van der Waals surface area contributed by atoms with Gasteiger partial charge in [-0.1, -0.05) is 0 Å². The number of nitrogens with two attached hydrogens (primary N) is 1. The van der Waals surface area contributed by atoms with Gasteiger partial charge in [0.1, 0.15) is 5.54 Å². The summed E-state index contributed by atoms with van der Waals surface area (Å²) in [6.45, 7) is 3.04. The van der Waals surface area contributed by atoms with Crippen LogP contribution in [0, 0.1) is 11.3 Å². The number of nitrogens with zero attached hydrogens (tertiary/aromatic N) is 2. The number of nitriles is 1. The maximum absolute atomic E-state index is 8.76. The number of rotatable bonds is 0. The van der Waals surface area contributed by atoms with Crippen molar-refractivity contribution in [2.75, 3.05) is 13.6 Å². The van der Waals surface area contributed by atoms with Crippen LogP contribution in [-0.4, -0.2) is 30.1 Å². The minimum Gasteiger partial charge on any atom is -0.313 e. The van der Waals surface area contributed by atoms with Crippen molar-refractivity contribution in [1.29, 1.82) is 5.26 Å². The lowest BCUT2D eigenvalue weighted by molar-refractivity contribution is 0.158. The molecule has 1 rings (SSSR count). The van der Waals surface area contributed by atoms with Crippen molar-refractivity contribution in [3.8, 4) is 6.07 Å². The summed E-state index contributed by atoms with van der Waals surface area (Å²) < 4.78 is 0. The summed E-state index contributed by atoms with van der Waals surface area (Å²) in [6, 6.07) is 2.62. The molecule has 0 bridgehead atoms. The van der Waals surface area contributed by atoms with Crippen LogP contribution in [0.5, 0.6) is 0 Å². The molecule has 0 radical (unpaired) electrons. The Morgan fingerprint density at radius 3 is 2.82 bits per heavy atom. The van der Waals surface area contributed by atoms with Crippen molar-refractivity contribution in [2.45, 2.75) is 31.3 Å². The Kier molecular flexibility index (Phi) is 2.17. The Bertz CT molecular complexity index is 184. The second-order valence-corrected chi connectivity index (χ2v) is 3.55. The van der Waals surface area contributed by atoms with Crippen LogP contribution in [0.1, 0.15) is 19.8 Å². The standard InChI is InChI=1S/C8H15N3/c1-7-5-8(10,6-9)3-4-11(7)2/h7H,3-5,10H2,1-2H3. The molecule has 2 unspecified atom stereocenters. The van der Waals surface area contributed by atoms with Gasteiger partial charge in [0.15, 0.2) is 0 Å². The second-order valence-electron chi connectivity index (χ2n) is 3.55. The summed E-state index contributed by atoms with van der Waals surface area (Å²) in [4.78, 5) is 2.24. The summed E-state index contributed by atoms with van der Waals surface area (Å²) in [6.07, 6.45) is 1.59. The van der Waals surface area contributed by atoms with Crippen LogP contribution in [0.2, 0.25) is 0 Å². The number of hydrogen-bond donors (Lipinski definition) is 1. The minimum absolute atomic E-state index is 0.438. The summed E-state index contributed by atoms with van der Waals surface area (Å²) in [5.74, 6) is 0. The van der Waals surface area contributed by atoms with Crippen molar-refractivity contribution < 1.29 is 0 Å². The molecule has 2 N–H and O–H groups in total. The van der Waals surface area contributed by atoms with E-state index >= 15 is 0 Å². The van der Waals surface area contributed by atoms with Crippen LogP contribution < -0.4 is 5.73 Å². The molecule has 62 valence electrons. The van der Waals surface area contributed by atoms with E-state index in [-0.39, 0.29) is 0 Å². The number of piperidine rings is 1. The van der Waals surface area contributed by atoms with Gasteiger partial charge in [0.2, 0.25) is 0 Å². The van der Waals surface area contributed by atoms with Crippen molar-refractivity contribution >= 4 is 0 Å². The molecule has 1 saturated heterocycles. The quantitative estimate of drug-likeness (QED) is 0.545.